The Morgan fingerprint density at radius 1 is 1.37 bits per heavy atom. The summed E-state index contributed by atoms with van der Waals surface area (Å²) in [6, 6.07) is 7.80. The van der Waals surface area contributed by atoms with E-state index in [0.29, 0.717) is 12.3 Å². The summed E-state index contributed by atoms with van der Waals surface area (Å²) in [6.07, 6.45) is 5.19. The summed E-state index contributed by atoms with van der Waals surface area (Å²) in [6.45, 7) is 2.06. The smallest absolute Gasteiger partial charge is 0.220 e. The maximum Gasteiger partial charge on any atom is 0.220 e. The first-order chi connectivity index (χ1) is 9.22. The topological polar surface area (TPSA) is 49.3 Å². The van der Waals surface area contributed by atoms with Crippen molar-refractivity contribution in [3.63, 3.8) is 0 Å². The lowest BCUT2D eigenvalue weighted by atomic mass is 9.83. The fourth-order valence-corrected chi connectivity index (χ4v) is 2.43. The van der Waals surface area contributed by atoms with Crippen molar-refractivity contribution in [2.24, 2.45) is 5.92 Å². The Bertz CT molecular complexity index is 409. The number of aliphatic hydroxyl groups excluding tert-OH is 1. The second-order valence-corrected chi connectivity index (χ2v) is 5.40. The van der Waals surface area contributed by atoms with Crippen molar-refractivity contribution in [3.05, 3.63) is 35.4 Å². The fraction of sp³-hybridized carbons (Fsp3) is 0.562. The van der Waals surface area contributed by atoms with E-state index < -0.39 is 0 Å². The van der Waals surface area contributed by atoms with Gasteiger partial charge in [0.25, 0.3) is 0 Å². The minimum absolute atomic E-state index is 0.0537. The molecule has 1 aromatic rings. The Morgan fingerprint density at radius 2 is 2.05 bits per heavy atom. The molecule has 1 aliphatic rings. The number of rotatable bonds is 6. The molecule has 3 nitrogen and oxygen atoms in total. The van der Waals surface area contributed by atoms with Gasteiger partial charge in [0, 0.05) is 6.42 Å². The van der Waals surface area contributed by atoms with Crippen LogP contribution in [0.15, 0.2) is 24.3 Å². The lowest BCUT2D eigenvalue weighted by Crippen LogP contribution is -2.33. The van der Waals surface area contributed by atoms with Gasteiger partial charge in [0.2, 0.25) is 5.91 Å². The third kappa shape index (κ3) is 3.80. The highest BCUT2D eigenvalue weighted by Crippen LogP contribution is 2.29. The van der Waals surface area contributed by atoms with E-state index in [-0.39, 0.29) is 18.6 Å². The number of nitrogens with one attached hydrogen (secondary N) is 1. The second-order valence-electron chi connectivity index (χ2n) is 5.40. The second kappa shape index (κ2) is 6.71. The number of amides is 1. The average molecular weight is 261 g/mol. The quantitative estimate of drug-likeness (QED) is 0.827. The molecular weight excluding hydrogens is 238 g/mol. The average Bonchev–Trinajstić information content (AvgIpc) is 2.40. The van der Waals surface area contributed by atoms with Crippen LogP contribution < -0.4 is 5.32 Å². The number of hydrogen-bond acceptors (Lipinski definition) is 2. The third-order valence-electron chi connectivity index (χ3n) is 4.01. The van der Waals surface area contributed by atoms with Crippen LogP contribution in [0.3, 0.4) is 0 Å². The maximum atomic E-state index is 11.9. The molecule has 0 spiro atoms. The van der Waals surface area contributed by atoms with Gasteiger partial charge in [-0.15, -0.1) is 0 Å². The molecular formula is C16H23NO2. The molecule has 1 amide bonds. The standard InChI is InChI=1S/C16H23NO2/c1-2-12-6-8-14(9-7-12)15(11-18)17-16(19)10-13-4-3-5-13/h6-9,13,15,18H,2-5,10-11H2,1H3,(H,17,19). The molecule has 0 bridgehead atoms. The van der Waals surface area contributed by atoms with Crippen LogP contribution in [-0.2, 0) is 11.2 Å². The molecule has 0 aliphatic heterocycles. The molecule has 1 fully saturated rings. The summed E-state index contributed by atoms with van der Waals surface area (Å²) in [5, 5.41) is 12.4. The molecule has 1 aliphatic carbocycles. The third-order valence-corrected chi connectivity index (χ3v) is 4.01. The van der Waals surface area contributed by atoms with E-state index in [2.05, 4.69) is 24.4 Å². The Balaban J connectivity index is 1.92. The molecule has 0 aromatic heterocycles. The largest absolute Gasteiger partial charge is 0.394 e. The van der Waals surface area contributed by atoms with E-state index >= 15 is 0 Å². The molecule has 1 aromatic carbocycles. The summed E-state index contributed by atoms with van der Waals surface area (Å²) in [4.78, 5) is 11.9. The lowest BCUT2D eigenvalue weighted by molar-refractivity contribution is -0.123. The lowest BCUT2D eigenvalue weighted by Gasteiger charge is -2.26. The van der Waals surface area contributed by atoms with Crippen LogP contribution in [0, 0.1) is 5.92 Å². The van der Waals surface area contributed by atoms with Crippen LogP contribution >= 0.6 is 0 Å². The van der Waals surface area contributed by atoms with Gasteiger partial charge < -0.3 is 10.4 Å². The van der Waals surface area contributed by atoms with Crippen molar-refractivity contribution in [3.8, 4) is 0 Å². The zero-order chi connectivity index (χ0) is 13.7. The van der Waals surface area contributed by atoms with Gasteiger partial charge in [-0.3, -0.25) is 4.79 Å². The van der Waals surface area contributed by atoms with Gasteiger partial charge in [-0.25, -0.2) is 0 Å². The molecule has 3 heteroatoms. The predicted octanol–water partition coefficient (Wildman–Crippen LogP) is 2.59. The van der Waals surface area contributed by atoms with Crippen molar-refractivity contribution in [1.82, 2.24) is 5.32 Å². The van der Waals surface area contributed by atoms with Gasteiger partial charge in [-0.1, -0.05) is 37.6 Å². The highest BCUT2D eigenvalue weighted by Gasteiger charge is 2.22. The van der Waals surface area contributed by atoms with Gasteiger partial charge in [0.05, 0.1) is 12.6 Å². The van der Waals surface area contributed by atoms with Crippen LogP contribution in [-0.4, -0.2) is 17.6 Å². The number of aryl methyl sites for hydroxylation is 1. The normalized spacial score (nSPS) is 16.7. The predicted molar refractivity (Wildman–Crippen MR) is 75.7 cm³/mol. The van der Waals surface area contributed by atoms with Crippen molar-refractivity contribution in [1.29, 1.82) is 0 Å². The van der Waals surface area contributed by atoms with E-state index in [1.165, 1.54) is 24.8 Å². The molecule has 0 heterocycles. The number of carbonyl (C=O) groups is 1. The van der Waals surface area contributed by atoms with Crippen molar-refractivity contribution in [2.75, 3.05) is 6.61 Å². The van der Waals surface area contributed by atoms with E-state index in [1.807, 2.05) is 12.1 Å². The van der Waals surface area contributed by atoms with Gasteiger partial charge >= 0.3 is 0 Å². The van der Waals surface area contributed by atoms with Gasteiger partial charge in [0.15, 0.2) is 0 Å². The Labute approximate surface area is 115 Å². The Morgan fingerprint density at radius 3 is 2.53 bits per heavy atom. The Hall–Kier alpha value is -1.35. The summed E-state index contributed by atoms with van der Waals surface area (Å²) in [7, 11) is 0. The minimum Gasteiger partial charge on any atom is -0.394 e. The van der Waals surface area contributed by atoms with Gasteiger partial charge in [-0.2, -0.15) is 0 Å². The summed E-state index contributed by atoms with van der Waals surface area (Å²) in [5.74, 6) is 0.616. The highest BCUT2D eigenvalue weighted by atomic mass is 16.3. The maximum absolute atomic E-state index is 11.9. The SMILES string of the molecule is CCc1ccc(C(CO)NC(=O)CC2CCC2)cc1. The molecule has 2 rings (SSSR count). The van der Waals surface area contributed by atoms with Crippen LogP contribution in [0.4, 0.5) is 0 Å². The molecule has 1 saturated carbocycles. The van der Waals surface area contributed by atoms with Crippen LogP contribution in [0.1, 0.15) is 49.8 Å². The number of benzene rings is 1. The molecule has 0 saturated heterocycles. The van der Waals surface area contributed by atoms with E-state index in [1.54, 1.807) is 0 Å². The molecule has 1 atom stereocenters. The van der Waals surface area contributed by atoms with Gasteiger partial charge in [-0.05, 0) is 36.3 Å². The van der Waals surface area contributed by atoms with Crippen molar-refractivity contribution in [2.45, 2.75) is 45.1 Å². The molecule has 2 N–H and O–H groups in total. The first-order valence-electron chi connectivity index (χ1n) is 7.22. The molecule has 1 unspecified atom stereocenters. The minimum atomic E-state index is -0.279. The van der Waals surface area contributed by atoms with Gasteiger partial charge in [0.1, 0.15) is 0 Å². The van der Waals surface area contributed by atoms with E-state index in [0.717, 1.165) is 12.0 Å². The first-order valence-corrected chi connectivity index (χ1v) is 7.22. The molecule has 19 heavy (non-hydrogen) atoms. The summed E-state index contributed by atoms with van der Waals surface area (Å²) < 4.78 is 0. The number of aliphatic hydroxyl groups is 1. The zero-order valence-electron chi connectivity index (χ0n) is 11.6. The molecule has 0 radical (unpaired) electrons. The number of carbonyl (C=O) groups excluding carboxylic acids is 1. The fourth-order valence-electron chi connectivity index (χ4n) is 2.43. The van der Waals surface area contributed by atoms with Crippen LogP contribution in [0.25, 0.3) is 0 Å². The monoisotopic (exact) mass is 261 g/mol. The Kier molecular flexibility index (Phi) is 4.97. The van der Waals surface area contributed by atoms with Crippen molar-refractivity contribution < 1.29 is 9.90 Å². The first kappa shape index (κ1) is 14.1. The summed E-state index contributed by atoms with van der Waals surface area (Å²) in [5.41, 5.74) is 2.24. The highest BCUT2D eigenvalue weighted by molar-refractivity contribution is 5.76. The van der Waals surface area contributed by atoms with Crippen LogP contribution in [0.5, 0.6) is 0 Å². The van der Waals surface area contributed by atoms with E-state index in [4.69, 9.17) is 0 Å². The van der Waals surface area contributed by atoms with E-state index in [9.17, 15) is 9.90 Å². The number of hydrogen-bond donors (Lipinski definition) is 2. The molecule has 104 valence electrons. The van der Waals surface area contributed by atoms with Crippen molar-refractivity contribution >= 4 is 5.91 Å². The summed E-state index contributed by atoms with van der Waals surface area (Å²) >= 11 is 0. The van der Waals surface area contributed by atoms with Crippen LogP contribution in [0.2, 0.25) is 0 Å². The zero-order valence-corrected chi connectivity index (χ0v) is 11.6.